The Morgan fingerprint density at radius 2 is 2.19 bits per heavy atom. The zero-order valence-corrected chi connectivity index (χ0v) is 9.74. The fourth-order valence-electron chi connectivity index (χ4n) is 1.93. The molecule has 1 fully saturated rings. The molecule has 16 heavy (non-hydrogen) atoms. The van der Waals surface area contributed by atoms with Crippen molar-refractivity contribution in [2.45, 2.75) is 45.1 Å². The molecule has 5 nitrogen and oxygen atoms in total. The fourth-order valence-corrected chi connectivity index (χ4v) is 1.93. The second-order valence-corrected chi connectivity index (χ2v) is 4.27. The lowest BCUT2D eigenvalue weighted by atomic mass is 10.2. The molecule has 0 aromatic carbocycles. The van der Waals surface area contributed by atoms with E-state index in [0.29, 0.717) is 19.0 Å². The molecule has 1 atom stereocenters. The predicted octanol–water partition coefficient (Wildman–Crippen LogP) is 1.44. The molecule has 0 bridgehead atoms. The van der Waals surface area contributed by atoms with Crippen molar-refractivity contribution in [3.8, 4) is 0 Å². The Labute approximate surface area is 95.8 Å². The smallest absolute Gasteiger partial charge is 0.317 e. The van der Waals surface area contributed by atoms with Gasteiger partial charge in [0.1, 0.15) is 0 Å². The number of carbonyl (C=O) groups is 2. The van der Waals surface area contributed by atoms with Gasteiger partial charge in [-0.2, -0.15) is 0 Å². The van der Waals surface area contributed by atoms with Crippen molar-refractivity contribution in [2.24, 2.45) is 0 Å². The summed E-state index contributed by atoms with van der Waals surface area (Å²) in [7, 11) is 0. The molecule has 1 aliphatic rings. The molecule has 1 unspecified atom stereocenters. The second-order valence-electron chi connectivity index (χ2n) is 4.27. The molecule has 0 aliphatic carbocycles. The molecule has 2 N–H and O–H groups in total. The monoisotopic (exact) mass is 228 g/mol. The zero-order valence-electron chi connectivity index (χ0n) is 9.74. The molecule has 0 radical (unpaired) electrons. The van der Waals surface area contributed by atoms with E-state index in [9.17, 15) is 9.59 Å². The van der Waals surface area contributed by atoms with E-state index in [1.165, 1.54) is 0 Å². The number of unbranched alkanes of at least 4 members (excludes halogenated alkanes) is 1. The Morgan fingerprint density at radius 3 is 2.75 bits per heavy atom. The number of likely N-dealkylation sites (tertiary alicyclic amines) is 1. The highest BCUT2D eigenvalue weighted by Crippen LogP contribution is 2.15. The maximum atomic E-state index is 11.7. The summed E-state index contributed by atoms with van der Waals surface area (Å²) in [6, 6.07) is 0.319. The van der Waals surface area contributed by atoms with E-state index in [0.717, 1.165) is 25.8 Å². The standard InChI is InChI=1S/C11H20N2O3/c1-9-5-4-8-13(9)11(16)12-7-3-2-6-10(14)15/h9H,2-8H2,1H3,(H,12,16)(H,14,15). The van der Waals surface area contributed by atoms with Crippen LogP contribution >= 0.6 is 0 Å². The maximum absolute atomic E-state index is 11.7. The SMILES string of the molecule is CC1CCCN1C(=O)NCCCCC(=O)O. The number of rotatable bonds is 5. The van der Waals surface area contributed by atoms with Gasteiger partial charge >= 0.3 is 12.0 Å². The van der Waals surface area contributed by atoms with E-state index >= 15 is 0 Å². The van der Waals surface area contributed by atoms with E-state index < -0.39 is 5.97 Å². The van der Waals surface area contributed by atoms with Gasteiger partial charge in [-0.25, -0.2) is 4.79 Å². The molecule has 1 rings (SSSR count). The van der Waals surface area contributed by atoms with Crippen LogP contribution in [0.5, 0.6) is 0 Å². The number of amides is 2. The average molecular weight is 228 g/mol. The molecule has 2 amide bonds. The van der Waals surface area contributed by atoms with Crippen molar-refractivity contribution in [3.05, 3.63) is 0 Å². The number of aliphatic carboxylic acids is 1. The van der Waals surface area contributed by atoms with E-state index in [2.05, 4.69) is 12.2 Å². The van der Waals surface area contributed by atoms with Crippen molar-refractivity contribution in [1.82, 2.24) is 10.2 Å². The first-order valence-electron chi connectivity index (χ1n) is 5.87. The van der Waals surface area contributed by atoms with Gasteiger partial charge < -0.3 is 15.3 Å². The minimum Gasteiger partial charge on any atom is -0.481 e. The topological polar surface area (TPSA) is 69.6 Å². The molecule has 0 spiro atoms. The molecule has 0 aromatic rings. The minimum atomic E-state index is -0.778. The van der Waals surface area contributed by atoms with Crippen molar-refractivity contribution < 1.29 is 14.7 Å². The van der Waals surface area contributed by atoms with Crippen LogP contribution in [0.25, 0.3) is 0 Å². The van der Waals surface area contributed by atoms with Gasteiger partial charge in [0.25, 0.3) is 0 Å². The van der Waals surface area contributed by atoms with Gasteiger partial charge in [-0.1, -0.05) is 0 Å². The highest BCUT2D eigenvalue weighted by atomic mass is 16.4. The summed E-state index contributed by atoms with van der Waals surface area (Å²) in [5.41, 5.74) is 0. The molecular formula is C11H20N2O3. The molecule has 92 valence electrons. The number of carboxylic acids is 1. The third kappa shape index (κ3) is 4.08. The molecular weight excluding hydrogens is 208 g/mol. The summed E-state index contributed by atoms with van der Waals surface area (Å²) in [6.45, 7) is 3.45. The van der Waals surface area contributed by atoms with Crippen LogP contribution in [0, 0.1) is 0 Å². The third-order valence-corrected chi connectivity index (χ3v) is 2.91. The first kappa shape index (κ1) is 12.8. The number of urea groups is 1. The largest absolute Gasteiger partial charge is 0.481 e. The number of hydrogen-bond acceptors (Lipinski definition) is 2. The summed E-state index contributed by atoms with van der Waals surface area (Å²) in [6.07, 6.45) is 3.67. The van der Waals surface area contributed by atoms with E-state index in [4.69, 9.17) is 5.11 Å². The average Bonchev–Trinajstić information content (AvgIpc) is 2.63. The van der Waals surface area contributed by atoms with Crippen LogP contribution in [-0.2, 0) is 4.79 Å². The molecule has 1 heterocycles. The van der Waals surface area contributed by atoms with Crippen molar-refractivity contribution in [1.29, 1.82) is 0 Å². The van der Waals surface area contributed by atoms with Crippen molar-refractivity contribution >= 4 is 12.0 Å². The van der Waals surface area contributed by atoms with Gasteiger partial charge in [0, 0.05) is 25.6 Å². The number of hydrogen-bond donors (Lipinski definition) is 2. The second kappa shape index (κ2) is 6.35. The quantitative estimate of drug-likeness (QED) is 0.699. The van der Waals surface area contributed by atoms with Gasteiger partial charge in [-0.05, 0) is 32.6 Å². The van der Waals surface area contributed by atoms with E-state index in [1.807, 2.05) is 4.90 Å². The Balaban J connectivity index is 2.08. The van der Waals surface area contributed by atoms with Gasteiger partial charge in [0.05, 0.1) is 0 Å². The first-order chi connectivity index (χ1) is 7.61. The number of nitrogens with one attached hydrogen (secondary N) is 1. The van der Waals surface area contributed by atoms with Crippen LogP contribution in [-0.4, -0.2) is 41.1 Å². The van der Waals surface area contributed by atoms with Crippen LogP contribution in [0.1, 0.15) is 39.0 Å². The predicted molar refractivity (Wildman–Crippen MR) is 60.3 cm³/mol. The number of carboxylic acid groups (broad SMARTS) is 1. The van der Waals surface area contributed by atoms with Gasteiger partial charge in [-0.3, -0.25) is 4.79 Å². The minimum absolute atomic E-state index is 0.0136. The van der Waals surface area contributed by atoms with Gasteiger partial charge in [0.2, 0.25) is 0 Å². The highest BCUT2D eigenvalue weighted by molar-refractivity contribution is 5.74. The van der Waals surface area contributed by atoms with Crippen LogP contribution in [0.2, 0.25) is 0 Å². The Morgan fingerprint density at radius 1 is 1.44 bits per heavy atom. The summed E-state index contributed by atoms with van der Waals surface area (Å²) >= 11 is 0. The zero-order chi connectivity index (χ0) is 12.0. The first-order valence-corrected chi connectivity index (χ1v) is 5.87. The Hall–Kier alpha value is -1.26. The van der Waals surface area contributed by atoms with Crippen LogP contribution < -0.4 is 5.32 Å². The number of nitrogens with zero attached hydrogens (tertiary/aromatic N) is 1. The lowest BCUT2D eigenvalue weighted by Gasteiger charge is -2.21. The van der Waals surface area contributed by atoms with Gasteiger partial charge in [-0.15, -0.1) is 0 Å². The van der Waals surface area contributed by atoms with Crippen LogP contribution in [0.4, 0.5) is 4.79 Å². The van der Waals surface area contributed by atoms with E-state index in [-0.39, 0.29) is 12.5 Å². The third-order valence-electron chi connectivity index (χ3n) is 2.91. The van der Waals surface area contributed by atoms with Crippen LogP contribution in [0.3, 0.4) is 0 Å². The maximum Gasteiger partial charge on any atom is 0.317 e. The van der Waals surface area contributed by atoms with Crippen molar-refractivity contribution in [2.75, 3.05) is 13.1 Å². The van der Waals surface area contributed by atoms with Crippen molar-refractivity contribution in [3.63, 3.8) is 0 Å². The fraction of sp³-hybridized carbons (Fsp3) is 0.818. The summed E-state index contributed by atoms with van der Waals surface area (Å²) < 4.78 is 0. The molecule has 5 heteroatoms. The Kier molecular flexibility index (Phi) is 5.08. The Bertz CT molecular complexity index is 256. The molecule has 1 saturated heterocycles. The molecule has 0 aromatic heterocycles. The van der Waals surface area contributed by atoms with E-state index in [1.54, 1.807) is 0 Å². The molecule has 1 aliphatic heterocycles. The lowest BCUT2D eigenvalue weighted by molar-refractivity contribution is -0.137. The molecule has 0 saturated carbocycles. The summed E-state index contributed by atoms with van der Waals surface area (Å²) in [4.78, 5) is 23.7. The summed E-state index contributed by atoms with van der Waals surface area (Å²) in [5.74, 6) is -0.778. The lowest BCUT2D eigenvalue weighted by Crippen LogP contribution is -2.42. The van der Waals surface area contributed by atoms with Gasteiger partial charge in [0.15, 0.2) is 0 Å². The number of carbonyl (C=O) groups excluding carboxylic acids is 1. The highest BCUT2D eigenvalue weighted by Gasteiger charge is 2.24. The van der Waals surface area contributed by atoms with Crippen LogP contribution in [0.15, 0.2) is 0 Å². The summed E-state index contributed by atoms with van der Waals surface area (Å²) in [5, 5.41) is 11.3. The normalized spacial score (nSPS) is 19.8.